The van der Waals surface area contributed by atoms with E-state index in [4.69, 9.17) is 5.11 Å². The SMILES string of the molecule is CSC1CCCC1NS(=O)(=O)c1cc(CO)cc(F)c1F. The van der Waals surface area contributed by atoms with Crippen molar-refractivity contribution in [3.8, 4) is 0 Å². The Morgan fingerprint density at radius 2 is 2.10 bits per heavy atom. The molecule has 1 aliphatic rings. The molecule has 0 aliphatic heterocycles. The molecule has 4 nitrogen and oxygen atoms in total. The van der Waals surface area contributed by atoms with Crippen LogP contribution in [0.5, 0.6) is 0 Å². The first-order valence-corrected chi connectivity index (χ1v) is 9.30. The van der Waals surface area contributed by atoms with E-state index < -0.39 is 33.2 Å². The third-order valence-corrected chi connectivity index (χ3v) is 6.25. The van der Waals surface area contributed by atoms with Crippen LogP contribution in [-0.4, -0.2) is 31.1 Å². The smallest absolute Gasteiger partial charge is 0.243 e. The Labute approximate surface area is 127 Å². The van der Waals surface area contributed by atoms with Crippen LogP contribution in [0.1, 0.15) is 24.8 Å². The first kappa shape index (κ1) is 16.7. The van der Waals surface area contributed by atoms with E-state index in [9.17, 15) is 17.2 Å². The summed E-state index contributed by atoms with van der Waals surface area (Å²) in [5.41, 5.74) is 0.0158. The minimum absolute atomic E-state index is 0.0158. The van der Waals surface area contributed by atoms with Crippen molar-refractivity contribution in [3.05, 3.63) is 29.3 Å². The fraction of sp³-hybridized carbons (Fsp3) is 0.538. The molecule has 21 heavy (non-hydrogen) atoms. The van der Waals surface area contributed by atoms with Crippen molar-refractivity contribution in [2.24, 2.45) is 0 Å². The van der Waals surface area contributed by atoms with Gasteiger partial charge in [0.25, 0.3) is 0 Å². The molecule has 1 aromatic rings. The van der Waals surface area contributed by atoms with Crippen molar-refractivity contribution in [2.45, 2.75) is 42.1 Å². The highest BCUT2D eigenvalue weighted by Gasteiger charge is 2.32. The largest absolute Gasteiger partial charge is 0.392 e. The second-order valence-electron chi connectivity index (χ2n) is 4.98. The van der Waals surface area contributed by atoms with Gasteiger partial charge in [-0.3, -0.25) is 0 Å². The Morgan fingerprint density at radius 3 is 2.71 bits per heavy atom. The maximum Gasteiger partial charge on any atom is 0.243 e. The minimum atomic E-state index is -4.16. The number of hydrogen-bond acceptors (Lipinski definition) is 4. The van der Waals surface area contributed by atoms with Gasteiger partial charge in [0.05, 0.1) is 6.61 Å². The zero-order valence-electron chi connectivity index (χ0n) is 11.5. The van der Waals surface area contributed by atoms with E-state index in [1.165, 1.54) is 0 Å². The Hall–Kier alpha value is -0.700. The average Bonchev–Trinajstić information content (AvgIpc) is 2.87. The molecule has 1 aromatic carbocycles. The van der Waals surface area contributed by atoms with Gasteiger partial charge in [-0.1, -0.05) is 6.42 Å². The summed E-state index contributed by atoms with van der Waals surface area (Å²) in [5, 5.41) is 9.13. The van der Waals surface area contributed by atoms with Gasteiger partial charge in [0, 0.05) is 11.3 Å². The molecule has 0 saturated heterocycles. The lowest BCUT2D eigenvalue weighted by Gasteiger charge is -2.19. The number of nitrogens with one attached hydrogen (secondary N) is 1. The van der Waals surface area contributed by atoms with E-state index in [2.05, 4.69) is 4.72 Å². The molecule has 0 bridgehead atoms. The van der Waals surface area contributed by atoms with Crippen molar-refractivity contribution in [2.75, 3.05) is 6.26 Å². The number of rotatable bonds is 5. The summed E-state index contributed by atoms with van der Waals surface area (Å²) in [6, 6.07) is 1.46. The summed E-state index contributed by atoms with van der Waals surface area (Å²) in [7, 11) is -4.16. The molecule has 0 radical (unpaired) electrons. The van der Waals surface area contributed by atoms with Gasteiger partial charge in [-0.25, -0.2) is 21.9 Å². The molecule has 2 unspecified atom stereocenters. The van der Waals surface area contributed by atoms with Crippen molar-refractivity contribution < 1.29 is 22.3 Å². The fourth-order valence-electron chi connectivity index (χ4n) is 2.51. The Bertz CT molecular complexity index is 622. The highest BCUT2D eigenvalue weighted by Crippen LogP contribution is 2.30. The van der Waals surface area contributed by atoms with Crippen molar-refractivity contribution in [3.63, 3.8) is 0 Å². The maximum atomic E-state index is 13.8. The zero-order chi connectivity index (χ0) is 15.6. The Balaban J connectivity index is 2.33. The molecule has 2 rings (SSSR count). The van der Waals surface area contributed by atoms with Crippen LogP contribution in [0.4, 0.5) is 8.78 Å². The molecule has 1 saturated carbocycles. The van der Waals surface area contributed by atoms with Gasteiger partial charge in [0.1, 0.15) is 4.90 Å². The Kier molecular flexibility index (Phi) is 5.24. The second kappa shape index (κ2) is 6.60. The number of hydrogen-bond donors (Lipinski definition) is 2. The van der Waals surface area contributed by atoms with Crippen molar-refractivity contribution >= 4 is 21.8 Å². The second-order valence-corrected chi connectivity index (χ2v) is 7.74. The van der Waals surface area contributed by atoms with Gasteiger partial charge in [-0.15, -0.1) is 0 Å². The summed E-state index contributed by atoms with van der Waals surface area (Å²) in [6.45, 7) is -0.559. The molecule has 118 valence electrons. The summed E-state index contributed by atoms with van der Waals surface area (Å²) in [6.07, 6.45) is 4.35. The van der Waals surface area contributed by atoms with Crippen molar-refractivity contribution in [1.82, 2.24) is 4.72 Å². The highest BCUT2D eigenvalue weighted by molar-refractivity contribution is 7.99. The monoisotopic (exact) mass is 337 g/mol. The van der Waals surface area contributed by atoms with Crippen LogP contribution in [-0.2, 0) is 16.6 Å². The molecular formula is C13H17F2NO3S2. The summed E-state index contributed by atoms with van der Waals surface area (Å²) in [4.78, 5) is -0.752. The van der Waals surface area contributed by atoms with Gasteiger partial charge >= 0.3 is 0 Å². The van der Waals surface area contributed by atoms with Crippen molar-refractivity contribution in [1.29, 1.82) is 0 Å². The number of aliphatic hydroxyl groups is 1. The number of thioether (sulfide) groups is 1. The topological polar surface area (TPSA) is 66.4 Å². The molecule has 1 aliphatic carbocycles. The van der Waals surface area contributed by atoms with E-state index >= 15 is 0 Å². The summed E-state index contributed by atoms with van der Waals surface area (Å²) >= 11 is 1.56. The van der Waals surface area contributed by atoms with Gasteiger partial charge in [0.2, 0.25) is 10.0 Å². The molecule has 1 fully saturated rings. The lowest BCUT2D eigenvalue weighted by Crippen LogP contribution is -2.39. The summed E-state index contributed by atoms with van der Waals surface area (Å²) < 4.78 is 54.2. The highest BCUT2D eigenvalue weighted by atomic mass is 32.2. The molecular weight excluding hydrogens is 320 g/mol. The molecule has 2 N–H and O–H groups in total. The Morgan fingerprint density at radius 1 is 1.38 bits per heavy atom. The average molecular weight is 337 g/mol. The molecule has 2 atom stereocenters. The van der Waals surface area contributed by atoms with E-state index in [1.807, 2.05) is 6.26 Å². The van der Waals surface area contributed by atoms with Gasteiger partial charge in [-0.05, 0) is 36.8 Å². The van der Waals surface area contributed by atoms with Crippen LogP contribution < -0.4 is 4.72 Å². The lowest BCUT2D eigenvalue weighted by atomic mass is 10.2. The predicted molar refractivity (Wildman–Crippen MR) is 77.5 cm³/mol. The first-order chi connectivity index (χ1) is 9.89. The van der Waals surface area contributed by atoms with Gasteiger partial charge < -0.3 is 5.11 Å². The van der Waals surface area contributed by atoms with Crippen LogP contribution in [0.15, 0.2) is 17.0 Å². The molecule has 0 aromatic heterocycles. The van der Waals surface area contributed by atoms with Crippen LogP contribution in [0.3, 0.4) is 0 Å². The number of halogens is 2. The van der Waals surface area contributed by atoms with Crippen LogP contribution in [0, 0.1) is 11.6 Å². The van der Waals surface area contributed by atoms with Gasteiger partial charge in [-0.2, -0.15) is 11.8 Å². The van der Waals surface area contributed by atoms with E-state index in [0.717, 1.165) is 25.0 Å². The number of benzene rings is 1. The third-order valence-electron chi connectivity index (χ3n) is 3.59. The predicted octanol–water partition coefficient (Wildman–Crippen LogP) is 2.02. The standard InChI is InChI=1S/C13H17F2NO3S2/c1-20-11-4-2-3-10(11)16-21(18,19)12-6-8(7-17)5-9(14)13(12)15/h5-6,10-11,16-17H,2-4,7H2,1H3. The fourth-order valence-corrected chi connectivity index (χ4v) is 4.98. The molecule has 0 spiro atoms. The molecule has 8 heteroatoms. The lowest BCUT2D eigenvalue weighted by molar-refractivity contribution is 0.280. The van der Waals surface area contributed by atoms with Gasteiger partial charge in [0.15, 0.2) is 11.6 Å². The van der Waals surface area contributed by atoms with Crippen LogP contribution in [0.2, 0.25) is 0 Å². The number of aliphatic hydroxyl groups excluding tert-OH is 1. The zero-order valence-corrected chi connectivity index (χ0v) is 13.1. The van der Waals surface area contributed by atoms with Crippen LogP contribution >= 0.6 is 11.8 Å². The summed E-state index contributed by atoms with van der Waals surface area (Å²) in [5.74, 6) is -2.70. The third kappa shape index (κ3) is 3.56. The quantitative estimate of drug-likeness (QED) is 0.863. The normalized spacial score (nSPS) is 22.7. The van der Waals surface area contributed by atoms with E-state index in [0.29, 0.717) is 6.42 Å². The first-order valence-electron chi connectivity index (χ1n) is 6.53. The van der Waals surface area contributed by atoms with Crippen LogP contribution in [0.25, 0.3) is 0 Å². The minimum Gasteiger partial charge on any atom is -0.392 e. The molecule has 0 heterocycles. The van der Waals surface area contributed by atoms with E-state index in [-0.39, 0.29) is 16.9 Å². The van der Waals surface area contributed by atoms with E-state index in [1.54, 1.807) is 11.8 Å². The maximum absolute atomic E-state index is 13.8. The molecule has 0 amide bonds. The number of sulfonamides is 1.